The van der Waals surface area contributed by atoms with Crippen molar-refractivity contribution in [2.45, 2.75) is 33.1 Å². The lowest BCUT2D eigenvalue weighted by Crippen LogP contribution is -2.21. The minimum Gasteiger partial charge on any atom is -0.492 e. The molecule has 0 bridgehead atoms. The van der Waals surface area contributed by atoms with Gasteiger partial charge in [0.25, 0.3) is 5.56 Å². The molecule has 0 unspecified atom stereocenters. The summed E-state index contributed by atoms with van der Waals surface area (Å²) < 4.78 is 5.42. The first-order valence-electron chi connectivity index (χ1n) is 6.96. The van der Waals surface area contributed by atoms with Gasteiger partial charge in [-0.2, -0.15) is 0 Å². The largest absolute Gasteiger partial charge is 0.492 e. The molecule has 0 spiro atoms. The Morgan fingerprint density at radius 3 is 2.57 bits per heavy atom. The number of nitrogens with one attached hydrogen (secondary N) is 1. The molecule has 0 saturated carbocycles. The molecular formula is C16H21N3O2. The Bertz CT molecular complexity index is 699. The van der Waals surface area contributed by atoms with Crippen molar-refractivity contribution in [1.82, 2.24) is 9.97 Å². The zero-order valence-electron chi connectivity index (χ0n) is 12.9. The summed E-state index contributed by atoms with van der Waals surface area (Å²) in [5.41, 5.74) is 7.51. The molecule has 3 N–H and O–H groups in total. The molecule has 1 heterocycles. The molecule has 0 amide bonds. The monoisotopic (exact) mass is 287 g/mol. The molecule has 5 nitrogen and oxygen atoms in total. The lowest BCUT2D eigenvalue weighted by atomic mass is 9.95. The third kappa shape index (κ3) is 3.42. The molecule has 0 atom stereocenters. The van der Waals surface area contributed by atoms with E-state index >= 15 is 0 Å². The highest BCUT2D eigenvalue weighted by molar-refractivity contribution is 5.68. The lowest BCUT2D eigenvalue weighted by Gasteiger charge is -2.17. The van der Waals surface area contributed by atoms with Gasteiger partial charge in [-0.25, -0.2) is 4.98 Å². The second-order valence-corrected chi connectivity index (χ2v) is 5.91. The minimum atomic E-state index is -0.230. The van der Waals surface area contributed by atoms with E-state index < -0.39 is 0 Å². The van der Waals surface area contributed by atoms with Gasteiger partial charge in [0.2, 0.25) is 0 Å². The van der Waals surface area contributed by atoms with Crippen molar-refractivity contribution in [2.24, 2.45) is 0 Å². The minimum absolute atomic E-state index is 0.169. The van der Waals surface area contributed by atoms with Gasteiger partial charge in [-0.1, -0.05) is 20.8 Å². The number of nitrogens with zero attached hydrogens (tertiary/aromatic N) is 1. The summed E-state index contributed by atoms with van der Waals surface area (Å²) in [5.74, 6) is 1.29. The lowest BCUT2D eigenvalue weighted by molar-refractivity contribution is 0.342. The van der Waals surface area contributed by atoms with Crippen molar-refractivity contribution in [3.05, 3.63) is 40.4 Å². The highest BCUT2D eigenvalue weighted by atomic mass is 16.5. The molecule has 0 saturated heterocycles. The van der Waals surface area contributed by atoms with Gasteiger partial charge in [0, 0.05) is 17.0 Å². The van der Waals surface area contributed by atoms with Gasteiger partial charge in [-0.05, 0) is 25.1 Å². The van der Waals surface area contributed by atoms with Crippen molar-refractivity contribution in [1.29, 1.82) is 0 Å². The smallest absolute Gasteiger partial charge is 0.251 e. The molecule has 2 aromatic rings. The number of anilines is 1. The average molecular weight is 287 g/mol. The van der Waals surface area contributed by atoms with Crippen LogP contribution in [0.15, 0.2) is 29.1 Å². The Labute approximate surface area is 124 Å². The van der Waals surface area contributed by atoms with Gasteiger partial charge in [0.05, 0.1) is 18.0 Å². The van der Waals surface area contributed by atoms with Crippen LogP contribution in [-0.4, -0.2) is 16.6 Å². The molecule has 0 aliphatic heterocycles. The van der Waals surface area contributed by atoms with Crippen LogP contribution in [0.1, 0.15) is 33.5 Å². The molecule has 0 aliphatic rings. The van der Waals surface area contributed by atoms with Crippen molar-refractivity contribution < 1.29 is 4.74 Å². The van der Waals surface area contributed by atoms with Crippen LogP contribution < -0.4 is 16.0 Å². The number of aromatic amines is 1. The van der Waals surface area contributed by atoms with Gasteiger partial charge in [0.15, 0.2) is 0 Å². The van der Waals surface area contributed by atoms with Gasteiger partial charge in [-0.15, -0.1) is 0 Å². The molecule has 0 fully saturated rings. The van der Waals surface area contributed by atoms with Crippen LogP contribution in [0, 0.1) is 0 Å². The second-order valence-electron chi connectivity index (χ2n) is 5.91. The maximum absolute atomic E-state index is 11.8. The molecular weight excluding hydrogens is 266 g/mol. The van der Waals surface area contributed by atoms with Crippen molar-refractivity contribution in [3.8, 4) is 17.0 Å². The van der Waals surface area contributed by atoms with Crippen LogP contribution in [0.5, 0.6) is 5.75 Å². The third-order valence-corrected chi connectivity index (χ3v) is 3.06. The summed E-state index contributed by atoms with van der Waals surface area (Å²) in [5, 5.41) is 0. The van der Waals surface area contributed by atoms with E-state index in [0.717, 1.165) is 5.56 Å². The van der Waals surface area contributed by atoms with E-state index in [2.05, 4.69) is 9.97 Å². The first-order chi connectivity index (χ1) is 9.81. The molecule has 21 heavy (non-hydrogen) atoms. The first kappa shape index (κ1) is 15.1. The fraction of sp³-hybridized carbons (Fsp3) is 0.375. The molecule has 5 heteroatoms. The number of hydrogen-bond acceptors (Lipinski definition) is 4. The highest BCUT2D eigenvalue weighted by Crippen LogP contribution is 2.28. The van der Waals surface area contributed by atoms with Crippen LogP contribution >= 0.6 is 0 Å². The van der Waals surface area contributed by atoms with Crippen LogP contribution in [0.25, 0.3) is 11.3 Å². The number of hydrogen-bond donors (Lipinski definition) is 2. The third-order valence-electron chi connectivity index (χ3n) is 3.06. The SMILES string of the molecule is CCOc1ccc(-c2cc(=O)[nH]c(C(C)(C)C)n2)cc1N. The maximum atomic E-state index is 11.8. The normalized spacial score (nSPS) is 11.4. The number of benzene rings is 1. The first-order valence-corrected chi connectivity index (χ1v) is 6.96. The van der Waals surface area contributed by atoms with Gasteiger partial charge in [-0.3, -0.25) is 4.79 Å². The van der Waals surface area contributed by atoms with Crippen molar-refractivity contribution in [2.75, 3.05) is 12.3 Å². The summed E-state index contributed by atoms with van der Waals surface area (Å²) in [6.07, 6.45) is 0. The van der Waals surface area contributed by atoms with E-state index in [9.17, 15) is 4.79 Å². The Hall–Kier alpha value is -2.30. The van der Waals surface area contributed by atoms with Crippen molar-refractivity contribution in [3.63, 3.8) is 0 Å². The van der Waals surface area contributed by atoms with Gasteiger partial charge < -0.3 is 15.5 Å². The van der Waals surface area contributed by atoms with Crippen LogP contribution in [0.2, 0.25) is 0 Å². The predicted molar refractivity (Wildman–Crippen MR) is 84.6 cm³/mol. The van der Waals surface area contributed by atoms with Crippen LogP contribution in [0.4, 0.5) is 5.69 Å². The fourth-order valence-corrected chi connectivity index (χ4v) is 1.96. The van der Waals surface area contributed by atoms with Crippen molar-refractivity contribution >= 4 is 5.69 Å². The van der Waals surface area contributed by atoms with E-state index in [-0.39, 0.29) is 11.0 Å². The molecule has 0 radical (unpaired) electrons. The van der Waals surface area contributed by atoms with E-state index in [4.69, 9.17) is 10.5 Å². The van der Waals surface area contributed by atoms with E-state index in [1.165, 1.54) is 6.07 Å². The summed E-state index contributed by atoms with van der Waals surface area (Å²) in [6, 6.07) is 6.91. The standard InChI is InChI=1S/C16H21N3O2/c1-5-21-13-7-6-10(8-11(13)17)12-9-14(20)19-15(18-12)16(2,3)4/h6-9H,5,17H2,1-4H3,(H,18,19,20). The Morgan fingerprint density at radius 2 is 2.00 bits per heavy atom. The Morgan fingerprint density at radius 1 is 1.29 bits per heavy atom. The second kappa shape index (κ2) is 5.60. The average Bonchev–Trinajstić information content (AvgIpc) is 2.39. The number of ether oxygens (including phenoxy) is 1. The summed E-state index contributed by atoms with van der Waals surface area (Å²) in [4.78, 5) is 19.2. The molecule has 1 aromatic heterocycles. The van der Waals surface area contributed by atoms with Gasteiger partial charge in [0.1, 0.15) is 11.6 Å². The van der Waals surface area contributed by atoms with Crippen LogP contribution in [0.3, 0.4) is 0 Å². The molecule has 1 aromatic carbocycles. The van der Waals surface area contributed by atoms with Gasteiger partial charge >= 0.3 is 0 Å². The Balaban J connectivity index is 2.49. The highest BCUT2D eigenvalue weighted by Gasteiger charge is 2.18. The van der Waals surface area contributed by atoms with E-state index in [1.54, 1.807) is 12.1 Å². The number of aromatic nitrogens is 2. The fourth-order valence-electron chi connectivity index (χ4n) is 1.96. The number of nitrogen functional groups attached to an aromatic ring is 1. The quantitative estimate of drug-likeness (QED) is 0.850. The Kier molecular flexibility index (Phi) is 4.02. The summed E-state index contributed by atoms with van der Waals surface area (Å²) >= 11 is 0. The zero-order chi connectivity index (χ0) is 15.6. The van der Waals surface area contributed by atoms with E-state index in [1.807, 2.05) is 33.8 Å². The number of rotatable bonds is 3. The molecule has 0 aliphatic carbocycles. The predicted octanol–water partition coefficient (Wildman–Crippen LogP) is 2.72. The number of nitrogens with two attached hydrogens (primary N) is 1. The zero-order valence-corrected chi connectivity index (χ0v) is 12.9. The maximum Gasteiger partial charge on any atom is 0.251 e. The number of H-pyrrole nitrogens is 1. The molecule has 2 rings (SSSR count). The summed E-state index contributed by atoms with van der Waals surface area (Å²) in [7, 11) is 0. The summed E-state index contributed by atoms with van der Waals surface area (Å²) in [6.45, 7) is 8.47. The topological polar surface area (TPSA) is 81.0 Å². The van der Waals surface area contributed by atoms with E-state index in [0.29, 0.717) is 29.6 Å². The van der Waals surface area contributed by atoms with Crippen LogP contribution in [-0.2, 0) is 5.41 Å². The molecule has 112 valence electrons.